The molecule has 0 aliphatic rings. The lowest BCUT2D eigenvalue weighted by molar-refractivity contribution is -0.122. The SMILES string of the molecule is COc1ccc(-c2n[nH]c(=S)n2CC(=O)N[C@H](C)c2ccc(CC(C)C)cc2)cc1. The third-order valence-electron chi connectivity index (χ3n) is 4.91. The first-order valence-corrected chi connectivity index (χ1v) is 10.5. The van der Waals surface area contributed by atoms with E-state index in [1.54, 1.807) is 11.7 Å². The zero-order valence-electron chi connectivity index (χ0n) is 17.8. The Labute approximate surface area is 182 Å². The van der Waals surface area contributed by atoms with Crippen molar-refractivity contribution in [1.29, 1.82) is 0 Å². The zero-order chi connectivity index (χ0) is 21.7. The Kier molecular flexibility index (Phi) is 7.05. The summed E-state index contributed by atoms with van der Waals surface area (Å²) in [6.45, 7) is 6.48. The van der Waals surface area contributed by atoms with E-state index >= 15 is 0 Å². The second kappa shape index (κ2) is 9.71. The van der Waals surface area contributed by atoms with Gasteiger partial charge in [0.15, 0.2) is 10.6 Å². The van der Waals surface area contributed by atoms with E-state index in [9.17, 15) is 4.79 Å². The van der Waals surface area contributed by atoms with Crippen molar-refractivity contribution in [2.24, 2.45) is 5.92 Å². The molecule has 2 N–H and O–H groups in total. The highest BCUT2D eigenvalue weighted by Crippen LogP contribution is 2.21. The van der Waals surface area contributed by atoms with Crippen LogP contribution in [0.2, 0.25) is 0 Å². The summed E-state index contributed by atoms with van der Waals surface area (Å²) in [7, 11) is 1.62. The van der Waals surface area contributed by atoms with Crippen molar-refractivity contribution >= 4 is 18.1 Å². The molecule has 0 spiro atoms. The molecule has 0 bridgehead atoms. The molecular weight excluding hydrogens is 396 g/mol. The van der Waals surface area contributed by atoms with E-state index in [4.69, 9.17) is 17.0 Å². The van der Waals surface area contributed by atoms with E-state index in [0.717, 1.165) is 23.3 Å². The van der Waals surface area contributed by atoms with Crippen LogP contribution in [0.5, 0.6) is 5.75 Å². The van der Waals surface area contributed by atoms with Crippen molar-refractivity contribution < 1.29 is 9.53 Å². The lowest BCUT2D eigenvalue weighted by Crippen LogP contribution is -2.30. The number of H-pyrrole nitrogens is 1. The summed E-state index contributed by atoms with van der Waals surface area (Å²) < 4.78 is 7.30. The summed E-state index contributed by atoms with van der Waals surface area (Å²) in [5.74, 6) is 1.86. The van der Waals surface area contributed by atoms with Crippen LogP contribution in [-0.4, -0.2) is 27.8 Å². The van der Waals surface area contributed by atoms with Crippen LogP contribution >= 0.6 is 12.2 Å². The number of rotatable bonds is 8. The molecule has 1 heterocycles. The van der Waals surface area contributed by atoms with Crippen LogP contribution in [0.3, 0.4) is 0 Å². The maximum absolute atomic E-state index is 12.7. The van der Waals surface area contributed by atoms with Gasteiger partial charge in [-0.25, -0.2) is 0 Å². The van der Waals surface area contributed by atoms with E-state index in [1.807, 2.05) is 31.2 Å². The molecular formula is C23H28N4O2S. The highest BCUT2D eigenvalue weighted by molar-refractivity contribution is 7.71. The smallest absolute Gasteiger partial charge is 0.240 e. The average Bonchev–Trinajstić information content (AvgIpc) is 3.08. The van der Waals surface area contributed by atoms with E-state index in [1.165, 1.54) is 5.56 Å². The Morgan fingerprint density at radius 1 is 1.13 bits per heavy atom. The van der Waals surface area contributed by atoms with Gasteiger partial charge < -0.3 is 10.1 Å². The third kappa shape index (κ3) is 5.36. The van der Waals surface area contributed by atoms with Crippen molar-refractivity contribution in [2.75, 3.05) is 7.11 Å². The number of hydrogen-bond donors (Lipinski definition) is 2. The van der Waals surface area contributed by atoms with Gasteiger partial charge >= 0.3 is 0 Å². The lowest BCUT2D eigenvalue weighted by Gasteiger charge is -2.16. The first-order valence-electron chi connectivity index (χ1n) is 10.0. The lowest BCUT2D eigenvalue weighted by atomic mass is 10.00. The number of carbonyl (C=O) groups is 1. The largest absolute Gasteiger partial charge is 0.497 e. The summed E-state index contributed by atoms with van der Waals surface area (Å²) in [4.78, 5) is 12.7. The number of nitrogens with zero attached hydrogens (tertiary/aromatic N) is 2. The molecule has 158 valence electrons. The van der Waals surface area contributed by atoms with Crippen LogP contribution in [0.25, 0.3) is 11.4 Å². The summed E-state index contributed by atoms with van der Waals surface area (Å²) in [5.41, 5.74) is 3.23. The van der Waals surface area contributed by atoms with Gasteiger partial charge in [-0.15, -0.1) is 0 Å². The summed E-state index contributed by atoms with van der Waals surface area (Å²) in [6.07, 6.45) is 1.05. The van der Waals surface area contributed by atoms with E-state index in [0.29, 0.717) is 16.5 Å². The Morgan fingerprint density at radius 3 is 2.40 bits per heavy atom. The van der Waals surface area contributed by atoms with Crippen LogP contribution in [0.4, 0.5) is 0 Å². The molecule has 3 aromatic rings. The molecule has 30 heavy (non-hydrogen) atoms. The molecule has 1 amide bonds. The fraction of sp³-hybridized carbons (Fsp3) is 0.348. The van der Waals surface area contributed by atoms with E-state index in [2.05, 4.69) is 53.6 Å². The number of nitrogens with one attached hydrogen (secondary N) is 2. The number of aromatic nitrogens is 3. The summed E-state index contributed by atoms with van der Waals surface area (Å²) >= 11 is 5.34. The van der Waals surface area contributed by atoms with Gasteiger partial charge in [-0.05, 0) is 66.9 Å². The van der Waals surface area contributed by atoms with E-state index in [-0.39, 0.29) is 18.5 Å². The molecule has 0 radical (unpaired) electrons. The second-order valence-corrected chi connectivity index (χ2v) is 8.18. The molecule has 0 unspecified atom stereocenters. The van der Waals surface area contributed by atoms with Crippen molar-refractivity contribution in [1.82, 2.24) is 20.1 Å². The van der Waals surface area contributed by atoms with Crippen LogP contribution in [-0.2, 0) is 17.8 Å². The molecule has 0 fully saturated rings. The first kappa shape index (κ1) is 21.8. The fourth-order valence-electron chi connectivity index (χ4n) is 3.35. The monoisotopic (exact) mass is 424 g/mol. The number of hydrogen-bond acceptors (Lipinski definition) is 4. The van der Waals surface area contributed by atoms with Gasteiger partial charge in [0.1, 0.15) is 12.3 Å². The highest BCUT2D eigenvalue weighted by atomic mass is 32.1. The first-order chi connectivity index (χ1) is 14.4. The quantitative estimate of drug-likeness (QED) is 0.515. The number of methoxy groups -OCH3 is 1. The number of amides is 1. The molecule has 1 aromatic heterocycles. The number of carbonyl (C=O) groups excluding carboxylic acids is 1. The second-order valence-electron chi connectivity index (χ2n) is 7.80. The van der Waals surface area contributed by atoms with Gasteiger partial charge in [-0.3, -0.25) is 14.5 Å². The van der Waals surface area contributed by atoms with E-state index < -0.39 is 0 Å². The van der Waals surface area contributed by atoms with Crippen LogP contribution in [0, 0.1) is 10.7 Å². The predicted molar refractivity (Wildman–Crippen MR) is 121 cm³/mol. The number of aromatic amines is 1. The number of ether oxygens (including phenoxy) is 1. The van der Waals surface area contributed by atoms with Gasteiger partial charge in [0.05, 0.1) is 13.2 Å². The molecule has 7 heteroatoms. The minimum atomic E-state index is -0.124. The minimum absolute atomic E-state index is 0.0898. The van der Waals surface area contributed by atoms with Crippen molar-refractivity contribution in [3.8, 4) is 17.1 Å². The van der Waals surface area contributed by atoms with Gasteiger partial charge in [-0.1, -0.05) is 38.1 Å². The fourth-order valence-corrected chi connectivity index (χ4v) is 3.55. The van der Waals surface area contributed by atoms with Crippen molar-refractivity contribution in [3.63, 3.8) is 0 Å². The summed E-state index contributed by atoms with van der Waals surface area (Å²) in [6, 6.07) is 15.8. The molecule has 0 aliphatic carbocycles. The van der Waals surface area contributed by atoms with Crippen LogP contribution in [0.15, 0.2) is 48.5 Å². The van der Waals surface area contributed by atoms with Gasteiger partial charge in [-0.2, -0.15) is 5.10 Å². The Bertz CT molecular complexity index is 1040. The molecule has 3 rings (SSSR count). The third-order valence-corrected chi connectivity index (χ3v) is 5.22. The van der Waals surface area contributed by atoms with Gasteiger partial charge in [0, 0.05) is 5.56 Å². The minimum Gasteiger partial charge on any atom is -0.497 e. The predicted octanol–water partition coefficient (Wildman–Crippen LogP) is 4.69. The Balaban J connectivity index is 1.69. The van der Waals surface area contributed by atoms with Gasteiger partial charge in [0.2, 0.25) is 5.91 Å². The topological polar surface area (TPSA) is 71.9 Å². The molecule has 0 saturated carbocycles. The number of benzene rings is 2. The Hall–Kier alpha value is -2.93. The standard InChI is InChI=1S/C23H28N4O2S/c1-15(2)13-17-5-7-18(8-6-17)16(3)24-21(28)14-27-22(25-26-23(27)30)19-9-11-20(29-4)12-10-19/h5-12,15-16H,13-14H2,1-4H3,(H,24,28)(H,26,30)/t16-/m1/s1. The van der Waals surface area contributed by atoms with Crippen LogP contribution in [0.1, 0.15) is 37.9 Å². The molecule has 6 nitrogen and oxygen atoms in total. The molecule has 1 atom stereocenters. The zero-order valence-corrected chi connectivity index (χ0v) is 18.6. The molecule has 2 aromatic carbocycles. The van der Waals surface area contributed by atoms with Crippen molar-refractivity contribution in [2.45, 2.75) is 39.8 Å². The van der Waals surface area contributed by atoms with Crippen LogP contribution < -0.4 is 10.1 Å². The molecule has 0 aliphatic heterocycles. The van der Waals surface area contributed by atoms with Gasteiger partial charge in [0.25, 0.3) is 0 Å². The Morgan fingerprint density at radius 2 is 1.80 bits per heavy atom. The summed E-state index contributed by atoms with van der Waals surface area (Å²) in [5, 5.41) is 10.1. The maximum Gasteiger partial charge on any atom is 0.240 e. The van der Waals surface area contributed by atoms with Crippen molar-refractivity contribution in [3.05, 3.63) is 64.4 Å². The highest BCUT2D eigenvalue weighted by Gasteiger charge is 2.15. The maximum atomic E-state index is 12.7. The normalized spacial score (nSPS) is 12.0. The average molecular weight is 425 g/mol. The molecule has 0 saturated heterocycles.